The highest BCUT2D eigenvalue weighted by Gasteiger charge is 2.44. The molecule has 0 aromatic heterocycles. The monoisotopic (exact) mass is 295 g/mol. The first kappa shape index (κ1) is 14.4. The topological polar surface area (TPSA) is 65.1 Å². The van der Waals surface area contributed by atoms with E-state index in [1.165, 1.54) is 6.42 Å². The van der Waals surface area contributed by atoms with Crippen molar-refractivity contribution in [2.45, 2.75) is 57.5 Å². The number of nitrogens with zero attached hydrogens (tertiary/aromatic N) is 1. The van der Waals surface area contributed by atoms with E-state index in [1.807, 2.05) is 4.90 Å². The lowest BCUT2D eigenvalue weighted by atomic mass is 9.91. The Labute approximate surface area is 124 Å². The van der Waals surface area contributed by atoms with Gasteiger partial charge in [0, 0.05) is 26.6 Å². The van der Waals surface area contributed by atoms with Crippen LogP contribution in [0.15, 0.2) is 11.8 Å². The predicted molar refractivity (Wildman–Crippen MR) is 72.8 cm³/mol. The number of esters is 2. The van der Waals surface area contributed by atoms with Gasteiger partial charge in [-0.1, -0.05) is 6.42 Å². The second-order valence-corrected chi connectivity index (χ2v) is 6.27. The van der Waals surface area contributed by atoms with Gasteiger partial charge in [0.2, 0.25) is 0 Å². The average molecular weight is 295 g/mol. The normalized spacial score (nSPS) is 27.5. The highest BCUT2D eigenvalue weighted by molar-refractivity contribution is 6.15. The fourth-order valence-corrected chi connectivity index (χ4v) is 3.26. The minimum Gasteiger partial charge on any atom is -0.419 e. The molecule has 0 aromatic carbocycles. The number of hydrogen-bond acceptors (Lipinski definition) is 6. The number of rotatable bonds is 1. The van der Waals surface area contributed by atoms with E-state index in [4.69, 9.17) is 14.2 Å². The van der Waals surface area contributed by atoms with Gasteiger partial charge in [-0.25, -0.2) is 9.59 Å². The molecule has 3 aliphatic rings. The molecule has 3 rings (SSSR count). The van der Waals surface area contributed by atoms with E-state index in [0.29, 0.717) is 13.2 Å². The summed E-state index contributed by atoms with van der Waals surface area (Å²) in [5, 5.41) is 0. The molecule has 3 fully saturated rings. The summed E-state index contributed by atoms with van der Waals surface area (Å²) in [5.74, 6) is -2.46. The van der Waals surface area contributed by atoms with Gasteiger partial charge in [-0.3, -0.25) is 0 Å². The predicted octanol–water partition coefficient (Wildman–Crippen LogP) is 1.70. The van der Waals surface area contributed by atoms with Crippen LogP contribution in [0.25, 0.3) is 0 Å². The minimum absolute atomic E-state index is 0.0511. The minimum atomic E-state index is -1.20. The van der Waals surface area contributed by atoms with Gasteiger partial charge in [0.05, 0.1) is 6.61 Å². The summed E-state index contributed by atoms with van der Waals surface area (Å²) >= 11 is 0. The number of carbonyl (C=O) groups is 2. The second-order valence-electron chi connectivity index (χ2n) is 6.27. The molecule has 0 amide bonds. The lowest BCUT2D eigenvalue weighted by Gasteiger charge is -2.40. The van der Waals surface area contributed by atoms with E-state index in [0.717, 1.165) is 25.7 Å². The Morgan fingerprint density at radius 2 is 1.67 bits per heavy atom. The van der Waals surface area contributed by atoms with Crippen molar-refractivity contribution in [2.24, 2.45) is 0 Å². The van der Waals surface area contributed by atoms with Crippen molar-refractivity contribution in [3.63, 3.8) is 0 Å². The first-order chi connectivity index (χ1) is 9.92. The van der Waals surface area contributed by atoms with Crippen LogP contribution in [0.2, 0.25) is 0 Å². The Bertz CT molecular complexity index is 468. The lowest BCUT2D eigenvalue weighted by molar-refractivity contribution is -0.222. The summed E-state index contributed by atoms with van der Waals surface area (Å²) in [7, 11) is 0. The molecule has 0 N–H and O–H groups in total. The van der Waals surface area contributed by atoms with Crippen LogP contribution < -0.4 is 0 Å². The molecule has 116 valence electrons. The van der Waals surface area contributed by atoms with Crippen molar-refractivity contribution in [3.8, 4) is 0 Å². The fraction of sp³-hybridized carbons (Fsp3) is 0.733. The van der Waals surface area contributed by atoms with Gasteiger partial charge in [-0.05, 0) is 25.7 Å². The van der Waals surface area contributed by atoms with Crippen molar-refractivity contribution in [2.75, 3.05) is 13.2 Å². The van der Waals surface area contributed by atoms with Gasteiger partial charge in [0.15, 0.2) is 5.57 Å². The molecule has 6 heteroatoms. The fourth-order valence-electron chi connectivity index (χ4n) is 3.26. The van der Waals surface area contributed by atoms with Crippen LogP contribution in [0.4, 0.5) is 0 Å². The van der Waals surface area contributed by atoms with Gasteiger partial charge in [0.1, 0.15) is 5.72 Å². The molecule has 21 heavy (non-hydrogen) atoms. The molecule has 2 aliphatic heterocycles. The van der Waals surface area contributed by atoms with Crippen LogP contribution in [0, 0.1) is 0 Å². The summed E-state index contributed by atoms with van der Waals surface area (Å²) in [6.45, 7) is 4.37. The zero-order valence-corrected chi connectivity index (χ0v) is 12.5. The highest BCUT2D eigenvalue weighted by atomic mass is 16.7. The Morgan fingerprint density at radius 1 is 1.05 bits per heavy atom. The summed E-state index contributed by atoms with van der Waals surface area (Å²) in [5.41, 5.74) is -0.413. The third-order valence-corrected chi connectivity index (χ3v) is 4.26. The molecule has 0 aromatic rings. The molecule has 0 unspecified atom stereocenters. The van der Waals surface area contributed by atoms with E-state index >= 15 is 0 Å². The van der Waals surface area contributed by atoms with Gasteiger partial charge < -0.3 is 19.1 Å². The van der Waals surface area contributed by atoms with E-state index in [1.54, 1.807) is 20.0 Å². The molecule has 2 saturated heterocycles. The number of cyclic esters (lactones) is 2. The van der Waals surface area contributed by atoms with Crippen LogP contribution in [-0.4, -0.2) is 41.5 Å². The van der Waals surface area contributed by atoms with Gasteiger partial charge in [0.25, 0.3) is 5.79 Å². The smallest absolute Gasteiger partial charge is 0.350 e. The van der Waals surface area contributed by atoms with Gasteiger partial charge >= 0.3 is 11.9 Å². The van der Waals surface area contributed by atoms with E-state index < -0.39 is 17.7 Å². The molecular weight excluding hydrogens is 274 g/mol. The number of carbonyl (C=O) groups excluding carboxylic acids is 2. The Morgan fingerprint density at radius 3 is 2.29 bits per heavy atom. The molecular formula is C15H21NO5. The third kappa shape index (κ3) is 2.64. The summed E-state index contributed by atoms with van der Waals surface area (Å²) in [6.07, 6.45) is 6.81. The summed E-state index contributed by atoms with van der Waals surface area (Å²) < 4.78 is 16.2. The van der Waals surface area contributed by atoms with Crippen LogP contribution in [-0.2, 0) is 23.8 Å². The SMILES string of the molecule is CC1(C)OC(=O)C(=CN2CCOC23CCCCC3)C(=O)O1. The van der Waals surface area contributed by atoms with Crippen molar-refractivity contribution < 1.29 is 23.8 Å². The van der Waals surface area contributed by atoms with Gasteiger partial charge in [-0.2, -0.15) is 0 Å². The Balaban J connectivity index is 1.83. The summed E-state index contributed by atoms with van der Waals surface area (Å²) in [6, 6.07) is 0. The van der Waals surface area contributed by atoms with Crippen LogP contribution in [0.5, 0.6) is 0 Å². The maximum Gasteiger partial charge on any atom is 0.350 e. The van der Waals surface area contributed by atoms with Gasteiger partial charge in [-0.15, -0.1) is 0 Å². The average Bonchev–Trinajstić information content (AvgIpc) is 2.76. The molecule has 0 radical (unpaired) electrons. The largest absolute Gasteiger partial charge is 0.419 e. The van der Waals surface area contributed by atoms with Crippen LogP contribution >= 0.6 is 0 Å². The molecule has 1 saturated carbocycles. The van der Waals surface area contributed by atoms with E-state index in [2.05, 4.69) is 0 Å². The van der Waals surface area contributed by atoms with E-state index in [9.17, 15) is 9.59 Å². The lowest BCUT2D eigenvalue weighted by Crippen LogP contribution is -2.46. The first-order valence-electron chi connectivity index (χ1n) is 7.51. The van der Waals surface area contributed by atoms with Crippen molar-refractivity contribution in [3.05, 3.63) is 11.8 Å². The van der Waals surface area contributed by atoms with Crippen molar-refractivity contribution >= 4 is 11.9 Å². The van der Waals surface area contributed by atoms with Crippen LogP contribution in [0.1, 0.15) is 46.0 Å². The molecule has 0 atom stereocenters. The molecule has 0 bridgehead atoms. The molecule has 6 nitrogen and oxygen atoms in total. The maximum absolute atomic E-state index is 12.0. The highest BCUT2D eigenvalue weighted by Crippen LogP contribution is 2.38. The van der Waals surface area contributed by atoms with Crippen LogP contribution in [0.3, 0.4) is 0 Å². The zero-order chi connectivity index (χ0) is 15.1. The standard InChI is InChI=1S/C15H21NO5/c1-14(2)20-12(17)11(13(18)21-14)10-16-8-9-19-15(16)6-4-3-5-7-15/h10H,3-9H2,1-2H3. The van der Waals surface area contributed by atoms with Crippen molar-refractivity contribution in [1.29, 1.82) is 0 Å². The van der Waals surface area contributed by atoms with E-state index in [-0.39, 0.29) is 11.3 Å². The summed E-state index contributed by atoms with van der Waals surface area (Å²) in [4.78, 5) is 26.0. The quantitative estimate of drug-likeness (QED) is 0.417. The Hall–Kier alpha value is -1.56. The first-order valence-corrected chi connectivity index (χ1v) is 7.51. The maximum atomic E-state index is 12.0. The third-order valence-electron chi connectivity index (χ3n) is 4.26. The molecule has 2 heterocycles. The molecule has 1 spiro atoms. The second kappa shape index (κ2) is 5.02. The number of ether oxygens (including phenoxy) is 3. The Kier molecular flexibility index (Phi) is 3.43. The number of hydrogen-bond donors (Lipinski definition) is 0. The molecule has 1 aliphatic carbocycles. The zero-order valence-electron chi connectivity index (χ0n) is 12.5. The van der Waals surface area contributed by atoms with Crippen molar-refractivity contribution in [1.82, 2.24) is 4.90 Å².